The lowest BCUT2D eigenvalue weighted by Crippen LogP contribution is -2.46. The standard InChI is InChI=1S/C14H21NO3/c1-10(13(17)15-14(2,3)4)18-12-7-5-6-11(8-12)9-16/h5-8,10,16H,9H2,1-4H3,(H,15,17). The molecule has 2 N–H and O–H groups in total. The van der Waals surface area contributed by atoms with Gasteiger partial charge in [-0.3, -0.25) is 4.79 Å². The van der Waals surface area contributed by atoms with Crippen LogP contribution in [-0.4, -0.2) is 22.7 Å². The normalized spacial score (nSPS) is 12.9. The first-order valence-electron chi connectivity index (χ1n) is 6.00. The Morgan fingerprint density at radius 3 is 2.67 bits per heavy atom. The topological polar surface area (TPSA) is 58.6 Å². The number of aliphatic hydroxyl groups excluding tert-OH is 1. The fourth-order valence-electron chi connectivity index (χ4n) is 1.45. The minimum atomic E-state index is -0.571. The lowest BCUT2D eigenvalue weighted by atomic mass is 10.1. The number of rotatable bonds is 4. The highest BCUT2D eigenvalue weighted by atomic mass is 16.5. The van der Waals surface area contributed by atoms with Gasteiger partial charge in [0.1, 0.15) is 5.75 Å². The molecule has 0 radical (unpaired) electrons. The van der Waals surface area contributed by atoms with Crippen LogP contribution in [0.4, 0.5) is 0 Å². The highest BCUT2D eigenvalue weighted by Gasteiger charge is 2.20. The first kappa shape index (κ1) is 14.5. The summed E-state index contributed by atoms with van der Waals surface area (Å²) >= 11 is 0. The number of carbonyl (C=O) groups is 1. The molecule has 1 atom stereocenters. The quantitative estimate of drug-likeness (QED) is 0.858. The highest BCUT2D eigenvalue weighted by molar-refractivity contribution is 5.81. The minimum Gasteiger partial charge on any atom is -0.481 e. The number of amides is 1. The van der Waals surface area contributed by atoms with Crippen molar-refractivity contribution in [1.29, 1.82) is 0 Å². The van der Waals surface area contributed by atoms with Crippen LogP contribution in [0.25, 0.3) is 0 Å². The van der Waals surface area contributed by atoms with E-state index in [2.05, 4.69) is 5.32 Å². The van der Waals surface area contributed by atoms with Crippen molar-refractivity contribution in [3.63, 3.8) is 0 Å². The number of aliphatic hydroxyl groups is 1. The van der Waals surface area contributed by atoms with Crippen molar-refractivity contribution in [3.05, 3.63) is 29.8 Å². The third-order valence-electron chi connectivity index (χ3n) is 2.26. The maximum atomic E-state index is 11.8. The number of benzene rings is 1. The summed E-state index contributed by atoms with van der Waals surface area (Å²) in [7, 11) is 0. The molecule has 4 heteroatoms. The molecule has 1 aromatic rings. The van der Waals surface area contributed by atoms with E-state index in [0.29, 0.717) is 5.75 Å². The van der Waals surface area contributed by atoms with E-state index in [1.807, 2.05) is 20.8 Å². The molecule has 0 fully saturated rings. The summed E-state index contributed by atoms with van der Waals surface area (Å²) in [6.45, 7) is 7.42. The summed E-state index contributed by atoms with van der Waals surface area (Å²) in [4.78, 5) is 11.8. The molecule has 0 spiro atoms. The van der Waals surface area contributed by atoms with Gasteiger partial charge in [-0.1, -0.05) is 12.1 Å². The summed E-state index contributed by atoms with van der Waals surface area (Å²) in [5.74, 6) is 0.426. The molecular weight excluding hydrogens is 230 g/mol. The van der Waals surface area contributed by atoms with Gasteiger partial charge in [0.05, 0.1) is 6.61 Å². The molecule has 4 nitrogen and oxygen atoms in total. The second kappa shape index (κ2) is 5.87. The predicted octanol–water partition coefficient (Wildman–Crippen LogP) is 1.86. The monoisotopic (exact) mass is 251 g/mol. The van der Waals surface area contributed by atoms with E-state index in [1.165, 1.54) is 0 Å². The van der Waals surface area contributed by atoms with Crippen LogP contribution >= 0.6 is 0 Å². The van der Waals surface area contributed by atoms with Gasteiger partial charge in [0.25, 0.3) is 5.91 Å². The van der Waals surface area contributed by atoms with E-state index in [-0.39, 0.29) is 18.1 Å². The Morgan fingerprint density at radius 1 is 1.44 bits per heavy atom. The number of carbonyl (C=O) groups excluding carboxylic acids is 1. The zero-order valence-electron chi connectivity index (χ0n) is 11.4. The van der Waals surface area contributed by atoms with Crippen LogP contribution in [0, 0.1) is 0 Å². The Hall–Kier alpha value is -1.55. The van der Waals surface area contributed by atoms with E-state index in [9.17, 15) is 4.79 Å². The van der Waals surface area contributed by atoms with Gasteiger partial charge in [0, 0.05) is 5.54 Å². The van der Waals surface area contributed by atoms with Gasteiger partial charge >= 0.3 is 0 Å². The van der Waals surface area contributed by atoms with Crippen molar-refractivity contribution in [3.8, 4) is 5.75 Å². The molecule has 0 aliphatic heterocycles. The summed E-state index contributed by atoms with van der Waals surface area (Å²) in [5.41, 5.74) is 0.484. The molecule has 0 aromatic heterocycles. The van der Waals surface area contributed by atoms with Crippen LogP contribution in [0.1, 0.15) is 33.3 Å². The summed E-state index contributed by atoms with van der Waals surface area (Å²) < 4.78 is 5.54. The first-order chi connectivity index (χ1) is 8.31. The van der Waals surface area contributed by atoms with Crippen LogP contribution in [-0.2, 0) is 11.4 Å². The number of hydrogen-bond acceptors (Lipinski definition) is 3. The second-order valence-corrected chi connectivity index (χ2v) is 5.30. The van der Waals surface area contributed by atoms with E-state index in [0.717, 1.165) is 5.56 Å². The molecule has 1 amide bonds. The van der Waals surface area contributed by atoms with E-state index in [4.69, 9.17) is 9.84 Å². The Morgan fingerprint density at radius 2 is 2.11 bits per heavy atom. The van der Waals surface area contributed by atoms with Gasteiger partial charge < -0.3 is 15.2 Å². The average Bonchev–Trinajstić information content (AvgIpc) is 2.27. The molecule has 0 saturated carbocycles. The van der Waals surface area contributed by atoms with Gasteiger partial charge in [-0.15, -0.1) is 0 Å². The van der Waals surface area contributed by atoms with E-state index in [1.54, 1.807) is 31.2 Å². The molecule has 0 bridgehead atoms. The van der Waals surface area contributed by atoms with Crippen LogP contribution in [0.15, 0.2) is 24.3 Å². The zero-order chi connectivity index (χ0) is 13.8. The van der Waals surface area contributed by atoms with Crippen LogP contribution in [0.5, 0.6) is 5.75 Å². The van der Waals surface area contributed by atoms with E-state index >= 15 is 0 Å². The molecule has 0 aliphatic carbocycles. The van der Waals surface area contributed by atoms with Gasteiger partial charge in [0.2, 0.25) is 0 Å². The maximum absolute atomic E-state index is 11.8. The number of nitrogens with one attached hydrogen (secondary N) is 1. The Bertz CT molecular complexity index is 410. The molecular formula is C14H21NO3. The maximum Gasteiger partial charge on any atom is 0.261 e. The third-order valence-corrected chi connectivity index (χ3v) is 2.26. The molecule has 1 unspecified atom stereocenters. The predicted molar refractivity (Wildman–Crippen MR) is 70.4 cm³/mol. The lowest BCUT2D eigenvalue weighted by Gasteiger charge is -2.23. The molecule has 100 valence electrons. The fourth-order valence-corrected chi connectivity index (χ4v) is 1.45. The van der Waals surface area contributed by atoms with Crippen molar-refractivity contribution in [2.45, 2.75) is 45.9 Å². The SMILES string of the molecule is CC(Oc1cccc(CO)c1)C(=O)NC(C)(C)C. The van der Waals surface area contributed by atoms with Crippen molar-refractivity contribution in [2.24, 2.45) is 0 Å². The van der Waals surface area contributed by atoms with E-state index < -0.39 is 6.10 Å². The highest BCUT2D eigenvalue weighted by Crippen LogP contribution is 2.15. The number of ether oxygens (including phenoxy) is 1. The Balaban J connectivity index is 2.63. The molecule has 18 heavy (non-hydrogen) atoms. The van der Waals surface area contributed by atoms with Crippen LogP contribution in [0.3, 0.4) is 0 Å². The number of hydrogen-bond donors (Lipinski definition) is 2. The zero-order valence-corrected chi connectivity index (χ0v) is 11.4. The Labute approximate surface area is 108 Å². The fraction of sp³-hybridized carbons (Fsp3) is 0.500. The molecule has 0 saturated heterocycles. The third kappa shape index (κ3) is 4.75. The smallest absolute Gasteiger partial charge is 0.261 e. The molecule has 1 rings (SSSR count). The van der Waals surface area contributed by atoms with Gasteiger partial charge in [-0.2, -0.15) is 0 Å². The second-order valence-electron chi connectivity index (χ2n) is 5.30. The van der Waals surface area contributed by atoms with Crippen molar-refractivity contribution in [1.82, 2.24) is 5.32 Å². The van der Waals surface area contributed by atoms with Crippen molar-refractivity contribution >= 4 is 5.91 Å². The van der Waals surface area contributed by atoms with Gasteiger partial charge in [-0.05, 0) is 45.4 Å². The van der Waals surface area contributed by atoms with Gasteiger partial charge in [-0.25, -0.2) is 0 Å². The summed E-state index contributed by atoms with van der Waals surface area (Å²) in [6.07, 6.45) is -0.571. The molecule has 1 aromatic carbocycles. The molecule has 0 heterocycles. The summed E-state index contributed by atoms with van der Waals surface area (Å²) in [5, 5.41) is 11.9. The average molecular weight is 251 g/mol. The first-order valence-corrected chi connectivity index (χ1v) is 6.00. The molecule has 0 aliphatic rings. The lowest BCUT2D eigenvalue weighted by molar-refractivity contribution is -0.128. The van der Waals surface area contributed by atoms with Crippen molar-refractivity contribution in [2.75, 3.05) is 0 Å². The minimum absolute atomic E-state index is 0.0419. The van der Waals surface area contributed by atoms with Gasteiger partial charge in [0.15, 0.2) is 6.10 Å². The van der Waals surface area contributed by atoms with Crippen molar-refractivity contribution < 1.29 is 14.6 Å². The largest absolute Gasteiger partial charge is 0.481 e. The van der Waals surface area contributed by atoms with Crippen LogP contribution < -0.4 is 10.1 Å². The van der Waals surface area contributed by atoms with Crippen LogP contribution in [0.2, 0.25) is 0 Å². The Kier molecular flexibility index (Phi) is 4.73. The summed E-state index contributed by atoms with van der Waals surface area (Å²) in [6, 6.07) is 7.07.